The first-order valence-corrected chi connectivity index (χ1v) is 7.73. The highest BCUT2D eigenvalue weighted by molar-refractivity contribution is 5.41. The van der Waals surface area contributed by atoms with Crippen molar-refractivity contribution in [2.24, 2.45) is 0 Å². The zero-order valence-electron chi connectivity index (χ0n) is 12.9. The number of aryl methyl sites for hydroxylation is 1. The summed E-state index contributed by atoms with van der Waals surface area (Å²) in [5.41, 5.74) is 2.48. The molecule has 0 amide bonds. The fourth-order valence-electron chi connectivity index (χ4n) is 2.87. The third-order valence-corrected chi connectivity index (χ3v) is 4.05. The topological polar surface area (TPSA) is 30.5 Å². The number of hydrogen-bond donors (Lipinski definition) is 1. The number of methoxy groups -OCH3 is 1. The van der Waals surface area contributed by atoms with Crippen LogP contribution >= 0.6 is 0 Å². The van der Waals surface area contributed by atoms with Crippen LogP contribution in [0.15, 0.2) is 18.2 Å². The summed E-state index contributed by atoms with van der Waals surface area (Å²) in [4.78, 5) is 0. The summed E-state index contributed by atoms with van der Waals surface area (Å²) >= 11 is 0. The Morgan fingerprint density at radius 1 is 1.25 bits per heavy atom. The van der Waals surface area contributed by atoms with Gasteiger partial charge in [-0.1, -0.05) is 25.1 Å². The molecule has 1 aromatic rings. The fraction of sp³-hybridized carbons (Fsp3) is 0.647. The molecular formula is C17H27NO2. The van der Waals surface area contributed by atoms with Crippen LogP contribution in [0, 0.1) is 6.92 Å². The molecule has 3 heteroatoms. The molecule has 1 fully saturated rings. The van der Waals surface area contributed by atoms with Crippen LogP contribution in [0.2, 0.25) is 0 Å². The third-order valence-electron chi connectivity index (χ3n) is 4.05. The van der Waals surface area contributed by atoms with Crippen LogP contribution in [0.1, 0.15) is 43.7 Å². The lowest BCUT2D eigenvalue weighted by Gasteiger charge is -2.30. The summed E-state index contributed by atoms with van der Waals surface area (Å²) in [7, 11) is 1.80. The molecule has 2 atom stereocenters. The van der Waals surface area contributed by atoms with E-state index in [1.807, 2.05) is 0 Å². The molecule has 2 unspecified atom stereocenters. The van der Waals surface area contributed by atoms with E-state index in [4.69, 9.17) is 9.47 Å². The Kier molecular flexibility index (Phi) is 5.86. The van der Waals surface area contributed by atoms with Crippen molar-refractivity contribution in [3.8, 4) is 5.75 Å². The van der Waals surface area contributed by atoms with Gasteiger partial charge >= 0.3 is 0 Å². The van der Waals surface area contributed by atoms with Gasteiger partial charge in [-0.15, -0.1) is 0 Å². The Morgan fingerprint density at radius 2 is 2.05 bits per heavy atom. The number of nitrogens with one attached hydrogen (secondary N) is 1. The zero-order chi connectivity index (χ0) is 14.4. The van der Waals surface area contributed by atoms with Crippen molar-refractivity contribution in [2.75, 3.05) is 13.7 Å². The van der Waals surface area contributed by atoms with E-state index in [-0.39, 0.29) is 6.10 Å². The van der Waals surface area contributed by atoms with Crippen LogP contribution < -0.4 is 10.1 Å². The van der Waals surface area contributed by atoms with Gasteiger partial charge in [0.05, 0.1) is 6.10 Å². The van der Waals surface area contributed by atoms with Gasteiger partial charge in [-0.05, 0) is 38.3 Å². The Labute approximate surface area is 122 Å². The first-order chi connectivity index (χ1) is 9.74. The van der Waals surface area contributed by atoms with Crippen molar-refractivity contribution in [1.82, 2.24) is 5.32 Å². The molecule has 1 aliphatic rings. The number of hydrogen-bond acceptors (Lipinski definition) is 3. The molecule has 1 aromatic carbocycles. The van der Waals surface area contributed by atoms with Crippen LogP contribution in [-0.2, 0) is 11.3 Å². The molecule has 0 spiro atoms. The molecule has 3 nitrogen and oxygen atoms in total. The molecule has 0 aliphatic heterocycles. The van der Waals surface area contributed by atoms with E-state index < -0.39 is 0 Å². The van der Waals surface area contributed by atoms with Gasteiger partial charge in [0.1, 0.15) is 11.9 Å². The molecule has 112 valence electrons. The van der Waals surface area contributed by atoms with E-state index in [2.05, 4.69) is 37.4 Å². The lowest BCUT2D eigenvalue weighted by Crippen LogP contribution is -2.30. The second-order valence-electron chi connectivity index (χ2n) is 5.61. The fourth-order valence-corrected chi connectivity index (χ4v) is 2.87. The van der Waals surface area contributed by atoms with Crippen molar-refractivity contribution in [3.63, 3.8) is 0 Å². The third kappa shape index (κ3) is 3.97. The lowest BCUT2D eigenvalue weighted by atomic mass is 9.94. The number of rotatable bonds is 6. The number of benzene rings is 1. The standard InChI is InChI=1S/C17H27NO2/c1-4-18-12-14-8-5-7-13(2)17(14)20-16-10-6-9-15(11-16)19-3/h5,7-8,15-16,18H,4,6,9-12H2,1-3H3. The maximum atomic E-state index is 6.33. The summed E-state index contributed by atoms with van der Waals surface area (Å²) in [6, 6.07) is 6.39. The Hall–Kier alpha value is -1.06. The quantitative estimate of drug-likeness (QED) is 0.864. The second kappa shape index (κ2) is 7.65. The average molecular weight is 277 g/mol. The highest BCUT2D eigenvalue weighted by Gasteiger charge is 2.24. The molecule has 0 saturated heterocycles. The highest BCUT2D eigenvalue weighted by atomic mass is 16.5. The van der Waals surface area contributed by atoms with Gasteiger partial charge in [0.15, 0.2) is 0 Å². The monoisotopic (exact) mass is 277 g/mol. The second-order valence-corrected chi connectivity index (χ2v) is 5.61. The van der Waals surface area contributed by atoms with E-state index >= 15 is 0 Å². The molecule has 0 heterocycles. The lowest BCUT2D eigenvalue weighted by molar-refractivity contribution is 0.0204. The van der Waals surface area contributed by atoms with Gasteiger partial charge in [0.25, 0.3) is 0 Å². The Balaban J connectivity index is 2.07. The van der Waals surface area contributed by atoms with Gasteiger partial charge in [0.2, 0.25) is 0 Å². The summed E-state index contributed by atoms with van der Waals surface area (Å²) in [5, 5.41) is 3.38. The van der Waals surface area contributed by atoms with Crippen molar-refractivity contribution in [1.29, 1.82) is 0 Å². The van der Waals surface area contributed by atoms with Crippen molar-refractivity contribution < 1.29 is 9.47 Å². The van der Waals surface area contributed by atoms with Gasteiger partial charge in [-0.3, -0.25) is 0 Å². The molecule has 20 heavy (non-hydrogen) atoms. The SMILES string of the molecule is CCNCc1cccc(C)c1OC1CCCC(OC)C1. The predicted molar refractivity (Wildman–Crippen MR) is 82.2 cm³/mol. The maximum Gasteiger partial charge on any atom is 0.127 e. The van der Waals surface area contributed by atoms with Gasteiger partial charge in [0, 0.05) is 25.6 Å². The maximum absolute atomic E-state index is 6.33. The van der Waals surface area contributed by atoms with Gasteiger partial charge in [-0.2, -0.15) is 0 Å². The minimum absolute atomic E-state index is 0.287. The first-order valence-electron chi connectivity index (χ1n) is 7.73. The Morgan fingerprint density at radius 3 is 2.80 bits per heavy atom. The highest BCUT2D eigenvalue weighted by Crippen LogP contribution is 2.29. The van der Waals surface area contributed by atoms with Crippen molar-refractivity contribution >= 4 is 0 Å². The van der Waals surface area contributed by atoms with E-state index in [1.54, 1.807) is 7.11 Å². The smallest absolute Gasteiger partial charge is 0.127 e. The van der Waals surface area contributed by atoms with Crippen LogP contribution in [0.3, 0.4) is 0 Å². The number of ether oxygens (including phenoxy) is 2. The predicted octanol–water partition coefficient (Wildman–Crippen LogP) is 3.44. The molecule has 1 N–H and O–H groups in total. The van der Waals surface area contributed by atoms with Crippen molar-refractivity contribution in [2.45, 2.75) is 58.3 Å². The molecule has 0 aromatic heterocycles. The van der Waals surface area contributed by atoms with E-state index in [0.717, 1.165) is 38.1 Å². The minimum atomic E-state index is 0.287. The van der Waals surface area contributed by atoms with Crippen LogP contribution in [0.25, 0.3) is 0 Å². The van der Waals surface area contributed by atoms with Crippen LogP contribution in [0.5, 0.6) is 5.75 Å². The van der Waals surface area contributed by atoms with E-state index in [0.29, 0.717) is 6.10 Å². The molecule has 1 aliphatic carbocycles. The average Bonchev–Trinajstić information content (AvgIpc) is 2.48. The molecule has 0 bridgehead atoms. The molecular weight excluding hydrogens is 250 g/mol. The zero-order valence-corrected chi connectivity index (χ0v) is 12.9. The first kappa shape index (κ1) is 15.3. The Bertz CT molecular complexity index is 419. The van der Waals surface area contributed by atoms with Crippen LogP contribution in [0.4, 0.5) is 0 Å². The normalized spacial score (nSPS) is 22.8. The minimum Gasteiger partial charge on any atom is -0.490 e. The molecule has 2 rings (SSSR count). The largest absolute Gasteiger partial charge is 0.490 e. The molecule has 1 saturated carbocycles. The van der Waals surface area contributed by atoms with Gasteiger partial charge < -0.3 is 14.8 Å². The summed E-state index contributed by atoms with van der Waals surface area (Å²) in [5.74, 6) is 1.07. The van der Waals surface area contributed by atoms with Crippen LogP contribution in [-0.4, -0.2) is 25.9 Å². The van der Waals surface area contributed by atoms with Gasteiger partial charge in [-0.25, -0.2) is 0 Å². The summed E-state index contributed by atoms with van der Waals surface area (Å²) < 4.78 is 11.8. The summed E-state index contributed by atoms with van der Waals surface area (Å²) in [6.07, 6.45) is 5.14. The molecule has 0 radical (unpaired) electrons. The summed E-state index contributed by atoms with van der Waals surface area (Å²) in [6.45, 7) is 6.10. The van der Waals surface area contributed by atoms with E-state index in [9.17, 15) is 0 Å². The van der Waals surface area contributed by atoms with E-state index in [1.165, 1.54) is 17.5 Å². The number of para-hydroxylation sites is 1. The van der Waals surface area contributed by atoms with Crippen molar-refractivity contribution in [3.05, 3.63) is 29.3 Å².